The van der Waals surface area contributed by atoms with E-state index in [-0.39, 0.29) is 12.3 Å². The van der Waals surface area contributed by atoms with Crippen LogP contribution in [0.1, 0.15) is 69.4 Å². The third-order valence-electron chi connectivity index (χ3n) is 6.76. The van der Waals surface area contributed by atoms with Gasteiger partial charge < -0.3 is 9.47 Å². The Balaban J connectivity index is 1.56. The highest BCUT2D eigenvalue weighted by atomic mass is 19.3. The van der Waals surface area contributed by atoms with Gasteiger partial charge in [0.2, 0.25) is 0 Å². The van der Waals surface area contributed by atoms with Crippen LogP contribution >= 0.6 is 0 Å². The number of alkyl halides is 5. The Morgan fingerprint density at radius 1 is 0.917 bits per heavy atom. The van der Waals surface area contributed by atoms with Gasteiger partial charge >= 0.3 is 12.7 Å². The number of hydrogen-bond donors (Lipinski definition) is 0. The molecule has 36 heavy (non-hydrogen) atoms. The Morgan fingerprint density at radius 3 is 2.08 bits per heavy atom. The molecule has 0 heterocycles. The molecule has 1 aliphatic carbocycles. The zero-order chi connectivity index (χ0) is 26.3. The third-order valence-corrected chi connectivity index (χ3v) is 6.76. The van der Waals surface area contributed by atoms with Crippen LogP contribution in [-0.4, -0.2) is 12.8 Å². The summed E-state index contributed by atoms with van der Waals surface area (Å²) in [5, 5.41) is 0. The van der Waals surface area contributed by atoms with E-state index in [0.29, 0.717) is 23.6 Å². The summed E-state index contributed by atoms with van der Waals surface area (Å²) in [5.74, 6) is -4.90. The maximum Gasteiger partial charge on any atom is 0.426 e. The minimum atomic E-state index is -3.98. The van der Waals surface area contributed by atoms with Crippen molar-refractivity contribution in [1.29, 1.82) is 0 Å². The lowest BCUT2D eigenvalue weighted by Crippen LogP contribution is -2.25. The van der Waals surface area contributed by atoms with Crippen molar-refractivity contribution in [2.75, 3.05) is 0 Å². The molecular formula is C27H31F7O2. The molecule has 1 saturated carbocycles. The van der Waals surface area contributed by atoms with Gasteiger partial charge in [-0.1, -0.05) is 57.6 Å². The number of ether oxygens (including phenoxy) is 2. The van der Waals surface area contributed by atoms with Crippen molar-refractivity contribution in [3.63, 3.8) is 0 Å². The Hall–Kier alpha value is -2.45. The molecule has 0 aromatic heterocycles. The highest BCUT2D eigenvalue weighted by Gasteiger charge is 2.35. The predicted molar refractivity (Wildman–Crippen MR) is 122 cm³/mol. The first-order chi connectivity index (χ1) is 17.1. The van der Waals surface area contributed by atoms with Crippen LogP contribution < -0.4 is 9.47 Å². The molecule has 0 N–H and O–H groups in total. The standard InChI is InChI=1S/C27H31F7O2/c1-2-3-4-5-17-6-10-19(11-7-17)22(28)14-18-8-12-20(13-9-18)27(33,34)36-21-15-23(29)25(24(30)16-21)35-26(31)32/h8-9,12-13,15-17,19,22,26H,2-7,10-11,14H2,1H3. The van der Waals surface area contributed by atoms with Crippen molar-refractivity contribution in [2.24, 2.45) is 11.8 Å². The van der Waals surface area contributed by atoms with Crippen LogP contribution in [0.25, 0.3) is 0 Å². The van der Waals surface area contributed by atoms with E-state index in [4.69, 9.17) is 0 Å². The van der Waals surface area contributed by atoms with Crippen molar-refractivity contribution in [1.82, 2.24) is 0 Å². The number of hydrogen-bond acceptors (Lipinski definition) is 2. The second-order valence-electron chi connectivity index (χ2n) is 9.41. The van der Waals surface area contributed by atoms with Crippen LogP contribution in [0, 0.1) is 23.5 Å². The van der Waals surface area contributed by atoms with Gasteiger partial charge in [0.25, 0.3) is 0 Å². The van der Waals surface area contributed by atoms with Crippen molar-refractivity contribution < 1.29 is 40.2 Å². The monoisotopic (exact) mass is 520 g/mol. The zero-order valence-electron chi connectivity index (χ0n) is 20.1. The fourth-order valence-electron chi connectivity index (χ4n) is 4.75. The van der Waals surface area contributed by atoms with Gasteiger partial charge in [-0.05, 0) is 42.4 Å². The fourth-order valence-corrected chi connectivity index (χ4v) is 4.75. The van der Waals surface area contributed by atoms with E-state index in [1.807, 2.05) is 0 Å². The zero-order valence-corrected chi connectivity index (χ0v) is 20.1. The molecule has 1 unspecified atom stereocenters. The topological polar surface area (TPSA) is 18.5 Å². The SMILES string of the molecule is CCCCCC1CCC(C(F)Cc2ccc(C(F)(F)Oc3cc(F)c(OC(F)F)c(F)c3)cc2)CC1. The Bertz CT molecular complexity index is 934. The second kappa shape index (κ2) is 12.7. The number of rotatable bonds is 12. The van der Waals surface area contributed by atoms with E-state index in [1.165, 1.54) is 37.8 Å². The van der Waals surface area contributed by atoms with E-state index < -0.39 is 47.6 Å². The van der Waals surface area contributed by atoms with Crippen LogP contribution in [0.4, 0.5) is 30.7 Å². The lowest BCUT2D eigenvalue weighted by atomic mass is 9.77. The molecule has 0 bridgehead atoms. The molecule has 9 heteroatoms. The molecule has 2 nitrogen and oxygen atoms in total. The molecule has 1 atom stereocenters. The summed E-state index contributed by atoms with van der Waals surface area (Å²) in [7, 11) is 0. The summed E-state index contributed by atoms with van der Waals surface area (Å²) in [6, 6.07) is 5.53. The number of halogens is 7. The molecular weight excluding hydrogens is 489 g/mol. The molecule has 0 saturated heterocycles. The summed E-state index contributed by atoms with van der Waals surface area (Å²) in [6.07, 6.45) is 3.59. The average Bonchev–Trinajstić information content (AvgIpc) is 2.82. The highest BCUT2D eigenvalue weighted by Crippen LogP contribution is 2.37. The van der Waals surface area contributed by atoms with Gasteiger partial charge in [-0.2, -0.15) is 17.6 Å². The first kappa shape index (κ1) is 28.1. The van der Waals surface area contributed by atoms with Crippen LogP contribution in [0.5, 0.6) is 11.5 Å². The van der Waals surface area contributed by atoms with Gasteiger partial charge in [0.05, 0.1) is 5.56 Å². The summed E-state index contributed by atoms with van der Waals surface area (Å²) in [6.45, 7) is -1.32. The van der Waals surface area contributed by atoms with E-state index >= 15 is 0 Å². The Morgan fingerprint density at radius 2 is 1.53 bits per heavy atom. The average molecular weight is 521 g/mol. The lowest BCUT2D eigenvalue weighted by Gasteiger charge is -2.30. The van der Waals surface area contributed by atoms with Gasteiger partial charge in [-0.3, -0.25) is 0 Å². The second-order valence-corrected chi connectivity index (χ2v) is 9.41. The van der Waals surface area contributed by atoms with Crippen LogP contribution in [0.15, 0.2) is 36.4 Å². The normalized spacial score (nSPS) is 19.4. The maximum absolute atomic E-state index is 14.9. The molecule has 0 radical (unpaired) electrons. The molecule has 2 aromatic rings. The number of benzene rings is 2. The van der Waals surface area contributed by atoms with Crippen molar-refractivity contribution in [3.05, 3.63) is 59.2 Å². The molecule has 0 spiro atoms. The van der Waals surface area contributed by atoms with E-state index in [9.17, 15) is 30.7 Å². The van der Waals surface area contributed by atoms with E-state index in [1.54, 1.807) is 0 Å². The van der Waals surface area contributed by atoms with Crippen molar-refractivity contribution in [3.8, 4) is 11.5 Å². The van der Waals surface area contributed by atoms with E-state index in [2.05, 4.69) is 16.4 Å². The van der Waals surface area contributed by atoms with Gasteiger partial charge in [0.15, 0.2) is 17.4 Å². The molecule has 200 valence electrons. The Kier molecular flexibility index (Phi) is 9.91. The van der Waals surface area contributed by atoms with Crippen LogP contribution in [0.3, 0.4) is 0 Å². The maximum atomic E-state index is 14.9. The Labute approximate surface area is 206 Å². The molecule has 1 aliphatic rings. The van der Waals surface area contributed by atoms with Crippen LogP contribution in [-0.2, 0) is 12.5 Å². The minimum absolute atomic E-state index is 0.0429. The quantitative estimate of drug-likeness (QED) is 0.205. The lowest BCUT2D eigenvalue weighted by molar-refractivity contribution is -0.185. The summed E-state index contributed by atoms with van der Waals surface area (Å²) >= 11 is 0. The summed E-state index contributed by atoms with van der Waals surface area (Å²) in [5.41, 5.74) is -0.0549. The fraction of sp³-hybridized carbons (Fsp3) is 0.556. The first-order valence-electron chi connectivity index (χ1n) is 12.3. The van der Waals surface area contributed by atoms with Crippen molar-refractivity contribution in [2.45, 2.75) is 83.6 Å². The van der Waals surface area contributed by atoms with E-state index in [0.717, 1.165) is 37.8 Å². The smallest absolute Gasteiger partial charge is 0.426 e. The molecule has 1 fully saturated rings. The number of unbranched alkanes of at least 4 members (excludes halogenated alkanes) is 2. The molecule has 0 aliphatic heterocycles. The summed E-state index contributed by atoms with van der Waals surface area (Å²) in [4.78, 5) is 0. The molecule has 0 amide bonds. The van der Waals surface area contributed by atoms with Gasteiger partial charge in [-0.25, -0.2) is 13.2 Å². The van der Waals surface area contributed by atoms with Crippen LogP contribution in [0.2, 0.25) is 0 Å². The molecule has 3 rings (SSSR count). The van der Waals surface area contributed by atoms with Gasteiger partial charge in [0, 0.05) is 18.6 Å². The minimum Gasteiger partial charge on any atom is -0.429 e. The van der Waals surface area contributed by atoms with Gasteiger partial charge in [-0.15, -0.1) is 0 Å². The molecule has 2 aromatic carbocycles. The predicted octanol–water partition coefficient (Wildman–Crippen LogP) is 8.96. The largest absolute Gasteiger partial charge is 0.429 e. The first-order valence-corrected chi connectivity index (χ1v) is 12.3. The highest BCUT2D eigenvalue weighted by molar-refractivity contribution is 5.36. The summed E-state index contributed by atoms with van der Waals surface area (Å²) < 4.78 is 104. The van der Waals surface area contributed by atoms with Crippen molar-refractivity contribution >= 4 is 0 Å². The third kappa shape index (κ3) is 7.77. The van der Waals surface area contributed by atoms with Gasteiger partial charge in [0.1, 0.15) is 11.9 Å².